The third-order valence-electron chi connectivity index (χ3n) is 5.37. The number of halogens is 1. The van der Waals surface area contributed by atoms with Crippen LogP contribution in [0.15, 0.2) is 48.5 Å². The molecule has 1 unspecified atom stereocenters. The summed E-state index contributed by atoms with van der Waals surface area (Å²) in [5.74, 6) is 1.13. The van der Waals surface area contributed by atoms with Crippen LogP contribution in [0.5, 0.6) is 5.75 Å². The van der Waals surface area contributed by atoms with Crippen LogP contribution in [-0.2, 0) is 17.6 Å². The number of nitrogens with zero attached hydrogens (tertiary/aromatic N) is 1. The molecule has 26 heavy (non-hydrogen) atoms. The molecule has 2 heterocycles. The Morgan fingerprint density at radius 3 is 2.62 bits per heavy atom. The number of ether oxygens (including phenoxy) is 1. The van der Waals surface area contributed by atoms with E-state index in [0.29, 0.717) is 19.6 Å². The number of hydrogen-bond acceptors (Lipinski definition) is 3. The van der Waals surface area contributed by atoms with Gasteiger partial charge in [-0.25, -0.2) is 0 Å². The summed E-state index contributed by atoms with van der Waals surface area (Å²) in [6.07, 6.45) is 1.62. The fraction of sp³-hybridized carbons (Fsp3) is 0.381. The van der Waals surface area contributed by atoms with Crippen LogP contribution in [0.25, 0.3) is 0 Å². The molecule has 1 atom stereocenters. The number of rotatable bonds is 5. The Kier molecular flexibility index (Phi) is 4.63. The molecule has 1 N–H and O–H groups in total. The molecule has 1 amide bonds. The molecule has 4 rings (SSSR count). The fourth-order valence-corrected chi connectivity index (χ4v) is 4.05. The number of carbonyl (C=O) groups excluding carboxylic acids is 1. The molecular formula is C21H23ClN2O2. The zero-order valence-electron chi connectivity index (χ0n) is 14.9. The first-order chi connectivity index (χ1) is 12.6. The Labute approximate surface area is 159 Å². The molecule has 1 saturated heterocycles. The van der Waals surface area contributed by atoms with Gasteiger partial charge in [0.05, 0.1) is 12.0 Å². The van der Waals surface area contributed by atoms with Crippen LogP contribution in [0.1, 0.15) is 11.1 Å². The highest BCUT2D eigenvalue weighted by atomic mass is 35.5. The summed E-state index contributed by atoms with van der Waals surface area (Å²) >= 11 is 5.98. The second-order valence-corrected chi connectivity index (χ2v) is 7.86. The van der Waals surface area contributed by atoms with E-state index in [0.717, 1.165) is 29.2 Å². The van der Waals surface area contributed by atoms with Crippen LogP contribution in [-0.4, -0.2) is 43.6 Å². The number of hydrogen-bond donors (Lipinski definition) is 1. The van der Waals surface area contributed by atoms with Gasteiger partial charge < -0.3 is 15.0 Å². The van der Waals surface area contributed by atoms with Crippen LogP contribution >= 0.6 is 11.6 Å². The van der Waals surface area contributed by atoms with Crippen molar-refractivity contribution < 1.29 is 9.53 Å². The van der Waals surface area contributed by atoms with Gasteiger partial charge in [0.25, 0.3) is 0 Å². The van der Waals surface area contributed by atoms with Gasteiger partial charge in [0, 0.05) is 31.6 Å². The molecule has 2 aromatic carbocycles. The number of likely N-dealkylation sites (N-methyl/N-ethyl adjacent to an activating group) is 1. The highest BCUT2D eigenvalue weighted by Gasteiger charge is 2.46. The topological polar surface area (TPSA) is 41.6 Å². The lowest BCUT2D eigenvalue weighted by Gasteiger charge is -2.43. The molecule has 2 aromatic rings. The summed E-state index contributed by atoms with van der Waals surface area (Å²) in [7, 11) is 1.89. The van der Waals surface area contributed by atoms with Crippen LogP contribution in [0.4, 0.5) is 0 Å². The van der Waals surface area contributed by atoms with E-state index in [1.165, 1.54) is 5.56 Å². The fourth-order valence-electron chi connectivity index (χ4n) is 3.92. The van der Waals surface area contributed by atoms with Gasteiger partial charge in [-0.2, -0.15) is 0 Å². The van der Waals surface area contributed by atoms with Gasteiger partial charge in [0.2, 0.25) is 5.91 Å². The molecular weight excluding hydrogens is 348 g/mol. The standard InChI is InChI=1S/C21H23ClN2O2/c1-24(12-18-10-16-4-2-3-5-19(16)26-18)20(25)21(13-23-14-21)11-15-6-8-17(22)9-7-15/h2-9,18,23H,10-14H2,1H3. The minimum Gasteiger partial charge on any atom is -0.488 e. The van der Waals surface area contributed by atoms with Crippen molar-refractivity contribution in [2.75, 3.05) is 26.7 Å². The summed E-state index contributed by atoms with van der Waals surface area (Å²) in [5.41, 5.74) is 2.00. The molecule has 0 spiro atoms. The lowest BCUT2D eigenvalue weighted by molar-refractivity contribution is -0.144. The van der Waals surface area contributed by atoms with Gasteiger partial charge in [-0.1, -0.05) is 41.9 Å². The molecule has 2 aliphatic rings. The van der Waals surface area contributed by atoms with E-state index in [1.807, 2.05) is 54.4 Å². The second-order valence-electron chi connectivity index (χ2n) is 7.42. The molecule has 2 aliphatic heterocycles. The lowest BCUT2D eigenvalue weighted by Crippen LogP contribution is -2.63. The second kappa shape index (κ2) is 6.93. The molecule has 4 nitrogen and oxygen atoms in total. The van der Waals surface area contributed by atoms with Crippen molar-refractivity contribution in [3.63, 3.8) is 0 Å². The van der Waals surface area contributed by atoms with Crippen molar-refractivity contribution in [2.45, 2.75) is 18.9 Å². The molecule has 136 valence electrons. The molecule has 5 heteroatoms. The summed E-state index contributed by atoms with van der Waals surface area (Å²) in [6.45, 7) is 2.03. The zero-order chi connectivity index (χ0) is 18.1. The van der Waals surface area contributed by atoms with Crippen molar-refractivity contribution in [1.82, 2.24) is 10.2 Å². The number of amides is 1. The number of para-hydroxylation sites is 1. The quantitative estimate of drug-likeness (QED) is 0.879. The Morgan fingerprint density at radius 1 is 1.23 bits per heavy atom. The van der Waals surface area contributed by atoms with E-state index in [1.54, 1.807) is 0 Å². The summed E-state index contributed by atoms with van der Waals surface area (Å²) < 4.78 is 6.00. The Morgan fingerprint density at radius 2 is 1.96 bits per heavy atom. The van der Waals surface area contributed by atoms with Gasteiger partial charge in [0.15, 0.2) is 0 Å². The first-order valence-electron chi connectivity index (χ1n) is 9.01. The van der Waals surface area contributed by atoms with Gasteiger partial charge in [0.1, 0.15) is 11.9 Å². The first-order valence-corrected chi connectivity index (χ1v) is 9.39. The maximum absolute atomic E-state index is 13.2. The Balaban J connectivity index is 1.41. The largest absolute Gasteiger partial charge is 0.488 e. The van der Waals surface area contributed by atoms with Gasteiger partial charge in [-0.3, -0.25) is 4.79 Å². The average molecular weight is 371 g/mol. The lowest BCUT2D eigenvalue weighted by atomic mass is 9.75. The average Bonchev–Trinajstić information content (AvgIpc) is 3.01. The molecule has 1 fully saturated rings. The Hall–Kier alpha value is -2.04. The van der Waals surface area contributed by atoms with Crippen molar-refractivity contribution in [3.05, 3.63) is 64.7 Å². The molecule has 0 radical (unpaired) electrons. The predicted molar refractivity (Wildman–Crippen MR) is 103 cm³/mol. The van der Waals surface area contributed by atoms with E-state index < -0.39 is 0 Å². The highest BCUT2D eigenvalue weighted by molar-refractivity contribution is 6.30. The molecule has 0 bridgehead atoms. The summed E-state index contributed by atoms with van der Waals surface area (Å²) in [5, 5.41) is 3.99. The van der Waals surface area contributed by atoms with Crippen molar-refractivity contribution in [3.8, 4) is 5.75 Å². The van der Waals surface area contributed by atoms with Crippen LogP contribution in [0.3, 0.4) is 0 Å². The van der Waals surface area contributed by atoms with Gasteiger partial charge >= 0.3 is 0 Å². The first kappa shape index (κ1) is 17.4. The van der Waals surface area contributed by atoms with Crippen LogP contribution in [0, 0.1) is 5.41 Å². The minimum absolute atomic E-state index is 0.0296. The minimum atomic E-state index is -0.367. The maximum Gasteiger partial charge on any atom is 0.231 e. The number of benzene rings is 2. The van der Waals surface area contributed by atoms with E-state index >= 15 is 0 Å². The van der Waals surface area contributed by atoms with Crippen molar-refractivity contribution in [1.29, 1.82) is 0 Å². The van der Waals surface area contributed by atoms with E-state index in [2.05, 4.69) is 11.4 Å². The predicted octanol–water partition coefficient (Wildman–Crippen LogP) is 2.93. The van der Waals surface area contributed by atoms with Crippen molar-refractivity contribution >= 4 is 17.5 Å². The highest BCUT2D eigenvalue weighted by Crippen LogP contribution is 2.32. The maximum atomic E-state index is 13.2. The number of nitrogens with one attached hydrogen (secondary N) is 1. The third kappa shape index (κ3) is 3.31. The smallest absolute Gasteiger partial charge is 0.231 e. The van der Waals surface area contributed by atoms with Crippen molar-refractivity contribution in [2.24, 2.45) is 5.41 Å². The normalized spacial score (nSPS) is 20.0. The monoisotopic (exact) mass is 370 g/mol. The number of carbonyl (C=O) groups is 1. The SMILES string of the molecule is CN(CC1Cc2ccccc2O1)C(=O)C1(Cc2ccc(Cl)cc2)CNC1. The van der Waals surface area contributed by atoms with Crippen LogP contribution in [0.2, 0.25) is 5.02 Å². The molecule has 0 aromatic heterocycles. The molecule has 0 saturated carbocycles. The van der Waals surface area contributed by atoms with Gasteiger partial charge in [-0.15, -0.1) is 0 Å². The van der Waals surface area contributed by atoms with E-state index in [-0.39, 0.29) is 17.4 Å². The Bertz CT molecular complexity index is 777. The number of fused-ring (bicyclic) bond motifs is 1. The summed E-state index contributed by atoms with van der Waals surface area (Å²) in [6, 6.07) is 15.9. The van der Waals surface area contributed by atoms with Gasteiger partial charge in [-0.05, 0) is 35.7 Å². The zero-order valence-corrected chi connectivity index (χ0v) is 15.6. The van der Waals surface area contributed by atoms with Crippen LogP contribution < -0.4 is 10.1 Å². The molecule has 0 aliphatic carbocycles. The van der Waals surface area contributed by atoms with E-state index in [4.69, 9.17) is 16.3 Å². The van der Waals surface area contributed by atoms with E-state index in [9.17, 15) is 4.79 Å². The third-order valence-corrected chi connectivity index (χ3v) is 5.63. The summed E-state index contributed by atoms with van der Waals surface area (Å²) in [4.78, 5) is 15.0.